The molecule has 8 heteroatoms. The third kappa shape index (κ3) is 2.64. The fourth-order valence-corrected chi connectivity index (χ4v) is 2.05. The van der Waals surface area contributed by atoms with Gasteiger partial charge in [-0.15, -0.1) is 5.10 Å². The summed E-state index contributed by atoms with van der Waals surface area (Å²) in [6, 6.07) is -0.597. The summed E-state index contributed by atoms with van der Waals surface area (Å²) >= 11 is 0. The van der Waals surface area contributed by atoms with E-state index >= 15 is 0 Å². The zero-order valence-electron chi connectivity index (χ0n) is 11.5. The first-order valence-electron chi connectivity index (χ1n) is 6.50. The number of aryl methyl sites for hydroxylation is 1. The lowest BCUT2D eigenvalue weighted by Gasteiger charge is -2.24. The quantitative estimate of drug-likeness (QED) is 0.698. The topological polar surface area (TPSA) is 117 Å². The summed E-state index contributed by atoms with van der Waals surface area (Å²) in [5.41, 5.74) is -1.13. The molecule has 8 nitrogen and oxygen atoms in total. The Morgan fingerprint density at radius 3 is 3.00 bits per heavy atom. The van der Waals surface area contributed by atoms with Gasteiger partial charge in [0.2, 0.25) is 5.82 Å². The van der Waals surface area contributed by atoms with Crippen LogP contribution in [0.1, 0.15) is 36.7 Å². The number of aromatic amines is 1. The van der Waals surface area contributed by atoms with Gasteiger partial charge in [0, 0.05) is 6.42 Å². The predicted octanol–water partition coefficient (Wildman–Crippen LogP) is -0.0233. The van der Waals surface area contributed by atoms with Crippen molar-refractivity contribution in [2.45, 2.75) is 32.7 Å². The van der Waals surface area contributed by atoms with Crippen LogP contribution in [0, 0.1) is 5.41 Å². The van der Waals surface area contributed by atoms with Crippen LogP contribution in [-0.2, 0) is 16.0 Å². The Balaban J connectivity index is 2.05. The van der Waals surface area contributed by atoms with Gasteiger partial charge in [-0.3, -0.25) is 14.7 Å². The molecular weight excluding hydrogens is 264 g/mol. The van der Waals surface area contributed by atoms with E-state index in [1.165, 1.54) is 0 Å². The van der Waals surface area contributed by atoms with Crippen LogP contribution in [0.5, 0.6) is 0 Å². The molecule has 2 heterocycles. The van der Waals surface area contributed by atoms with Gasteiger partial charge in [0.1, 0.15) is 11.2 Å². The molecule has 1 aliphatic heterocycles. The fourth-order valence-electron chi connectivity index (χ4n) is 2.05. The van der Waals surface area contributed by atoms with Crippen LogP contribution >= 0.6 is 0 Å². The Hall–Kier alpha value is -1.96. The standard InChI is InChI=1S/C12H18N4O4/c1-3-4-8-14-9(16-15-8)10(17)13-7-5-20-6-12(7,2)11(18)19/h7H,3-6H2,1-2H3,(H,13,17)(H,18,19)(H,14,15,16). The summed E-state index contributed by atoms with van der Waals surface area (Å²) in [4.78, 5) is 27.4. The van der Waals surface area contributed by atoms with Crippen LogP contribution in [0.15, 0.2) is 0 Å². The normalized spacial score (nSPS) is 25.6. The van der Waals surface area contributed by atoms with Gasteiger partial charge in [0.15, 0.2) is 0 Å². The lowest BCUT2D eigenvalue weighted by molar-refractivity contribution is -0.148. The molecule has 110 valence electrons. The highest BCUT2D eigenvalue weighted by molar-refractivity contribution is 5.91. The summed E-state index contributed by atoms with van der Waals surface area (Å²) < 4.78 is 5.17. The molecular formula is C12H18N4O4. The first kappa shape index (κ1) is 14.4. The lowest BCUT2D eigenvalue weighted by Crippen LogP contribution is -2.49. The second-order valence-electron chi connectivity index (χ2n) is 5.12. The largest absolute Gasteiger partial charge is 0.481 e. The van der Waals surface area contributed by atoms with Gasteiger partial charge in [0.05, 0.1) is 19.3 Å². The first-order valence-corrected chi connectivity index (χ1v) is 6.50. The summed E-state index contributed by atoms with van der Waals surface area (Å²) in [5.74, 6) is -0.831. The Morgan fingerprint density at radius 1 is 1.60 bits per heavy atom. The highest BCUT2D eigenvalue weighted by atomic mass is 16.5. The fraction of sp³-hybridized carbons (Fsp3) is 0.667. The Kier molecular flexibility index (Phi) is 4.03. The predicted molar refractivity (Wildman–Crippen MR) is 68.2 cm³/mol. The van der Waals surface area contributed by atoms with Gasteiger partial charge in [-0.2, -0.15) is 0 Å². The molecule has 2 rings (SSSR count). The van der Waals surface area contributed by atoms with Gasteiger partial charge in [-0.05, 0) is 13.3 Å². The van der Waals surface area contributed by atoms with Crippen LogP contribution in [0.25, 0.3) is 0 Å². The molecule has 1 aliphatic rings. The maximum Gasteiger partial charge on any atom is 0.313 e. The molecule has 0 bridgehead atoms. The number of carbonyl (C=O) groups is 2. The van der Waals surface area contributed by atoms with Gasteiger partial charge >= 0.3 is 5.97 Å². The molecule has 1 aromatic heterocycles. The molecule has 0 spiro atoms. The number of hydrogen-bond acceptors (Lipinski definition) is 5. The van der Waals surface area contributed by atoms with E-state index in [0.717, 1.165) is 6.42 Å². The SMILES string of the molecule is CCCc1nc(C(=O)NC2COCC2(C)C(=O)O)n[nH]1. The molecule has 1 fully saturated rings. The van der Waals surface area contributed by atoms with E-state index in [9.17, 15) is 14.7 Å². The second kappa shape index (κ2) is 5.58. The average molecular weight is 282 g/mol. The molecule has 2 unspecified atom stereocenters. The van der Waals surface area contributed by atoms with Crippen molar-refractivity contribution in [3.05, 3.63) is 11.6 Å². The molecule has 1 amide bonds. The number of nitrogens with one attached hydrogen (secondary N) is 2. The van der Waals surface area contributed by atoms with E-state index in [2.05, 4.69) is 20.5 Å². The van der Waals surface area contributed by atoms with Crippen molar-refractivity contribution in [2.75, 3.05) is 13.2 Å². The van der Waals surface area contributed by atoms with E-state index in [4.69, 9.17) is 4.74 Å². The molecule has 20 heavy (non-hydrogen) atoms. The minimum atomic E-state index is -1.13. The first-order chi connectivity index (χ1) is 9.47. The van der Waals surface area contributed by atoms with Crippen molar-refractivity contribution in [3.63, 3.8) is 0 Å². The molecule has 1 saturated heterocycles. The van der Waals surface area contributed by atoms with Crippen molar-refractivity contribution in [3.8, 4) is 0 Å². The van der Waals surface area contributed by atoms with Crippen molar-refractivity contribution in [1.29, 1.82) is 0 Å². The van der Waals surface area contributed by atoms with Crippen LogP contribution in [0.2, 0.25) is 0 Å². The zero-order chi connectivity index (χ0) is 14.8. The summed E-state index contributed by atoms with van der Waals surface area (Å²) in [7, 11) is 0. The number of hydrogen-bond donors (Lipinski definition) is 3. The monoisotopic (exact) mass is 282 g/mol. The summed E-state index contributed by atoms with van der Waals surface area (Å²) in [6.07, 6.45) is 1.60. The van der Waals surface area contributed by atoms with Gasteiger partial charge in [-0.25, -0.2) is 4.98 Å². The van der Waals surface area contributed by atoms with Gasteiger partial charge < -0.3 is 15.2 Å². The molecule has 1 aromatic rings. The van der Waals surface area contributed by atoms with Crippen molar-refractivity contribution in [1.82, 2.24) is 20.5 Å². The summed E-state index contributed by atoms with van der Waals surface area (Å²) in [6.45, 7) is 3.79. The number of nitrogens with zero attached hydrogens (tertiary/aromatic N) is 2. The molecule has 0 radical (unpaired) electrons. The number of carboxylic acids is 1. The minimum absolute atomic E-state index is 0.0214. The Bertz CT molecular complexity index is 515. The third-order valence-corrected chi connectivity index (χ3v) is 3.47. The van der Waals surface area contributed by atoms with E-state index in [1.54, 1.807) is 6.92 Å². The number of rotatable bonds is 5. The van der Waals surface area contributed by atoms with Crippen molar-refractivity contribution >= 4 is 11.9 Å². The summed E-state index contributed by atoms with van der Waals surface area (Å²) in [5, 5.41) is 18.4. The number of aliphatic carboxylic acids is 1. The van der Waals surface area contributed by atoms with Crippen LogP contribution < -0.4 is 5.32 Å². The minimum Gasteiger partial charge on any atom is -0.481 e. The maximum atomic E-state index is 12.0. The highest BCUT2D eigenvalue weighted by Gasteiger charge is 2.47. The number of carbonyl (C=O) groups excluding carboxylic acids is 1. The number of amides is 1. The highest BCUT2D eigenvalue weighted by Crippen LogP contribution is 2.28. The van der Waals surface area contributed by atoms with Crippen LogP contribution in [-0.4, -0.2) is 51.4 Å². The molecule has 0 aromatic carbocycles. The van der Waals surface area contributed by atoms with E-state index in [-0.39, 0.29) is 19.0 Å². The Labute approximate surface area is 115 Å². The zero-order valence-corrected chi connectivity index (χ0v) is 11.5. The molecule has 2 atom stereocenters. The van der Waals surface area contributed by atoms with E-state index < -0.39 is 23.3 Å². The number of H-pyrrole nitrogens is 1. The van der Waals surface area contributed by atoms with Gasteiger partial charge in [0.25, 0.3) is 5.91 Å². The lowest BCUT2D eigenvalue weighted by atomic mass is 9.85. The molecule has 3 N–H and O–H groups in total. The number of carboxylic acid groups (broad SMARTS) is 1. The van der Waals surface area contributed by atoms with Crippen LogP contribution in [0.4, 0.5) is 0 Å². The van der Waals surface area contributed by atoms with E-state index in [0.29, 0.717) is 12.2 Å². The van der Waals surface area contributed by atoms with Gasteiger partial charge in [-0.1, -0.05) is 6.92 Å². The van der Waals surface area contributed by atoms with Crippen molar-refractivity contribution < 1.29 is 19.4 Å². The van der Waals surface area contributed by atoms with Crippen LogP contribution in [0.3, 0.4) is 0 Å². The second-order valence-corrected chi connectivity index (χ2v) is 5.12. The number of ether oxygens (including phenoxy) is 1. The third-order valence-electron chi connectivity index (χ3n) is 3.47. The van der Waals surface area contributed by atoms with Crippen molar-refractivity contribution in [2.24, 2.45) is 5.41 Å². The smallest absolute Gasteiger partial charge is 0.313 e. The average Bonchev–Trinajstić information content (AvgIpc) is 2.99. The number of aromatic nitrogens is 3. The Morgan fingerprint density at radius 2 is 2.35 bits per heavy atom. The van der Waals surface area contributed by atoms with E-state index in [1.807, 2.05) is 6.92 Å². The molecule has 0 saturated carbocycles. The molecule has 0 aliphatic carbocycles. The maximum absolute atomic E-state index is 12.0.